The van der Waals surface area contributed by atoms with Crippen LogP contribution in [0.5, 0.6) is 0 Å². The number of ether oxygens (including phenoxy) is 1. The highest BCUT2D eigenvalue weighted by molar-refractivity contribution is 5.95. The van der Waals surface area contributed by atoms with Crippen molar-refractivity contribution in [2.24, 2.45) is 5.73 Å². The van der Waals surface area contributed by atoms with E-state index >= 15 is 4.39 Å². The Hall–Kier alpha value is -3.47. The molecule has 2 aromatic rings. The zero-order valence-electron chi connectivity index (χ0n) is 19.9. The molecule has 1 aromatic heterocycles. The maximum atomic E-state index is 15.3. The van der Waals surface area contributed by atoms with Crippen LogP contribution in [0.3, 0.4) is 0 Å². The summed E-state index contributed by atoms with van der Waals surface area (Å²) >= 11 is 0. The molecule has 1 fully saturated rings. The van der Waals surface area contributed by atoms with Crippen molar-refractivity contribution in [3.63, 3.8) is 0 Å². The normalized spacial score (nSPS) is 18.4. The average Bonchev–Trinajstić information content (AvgIpc) is 2.77. The molecule has 0 aliphatic carbocycles. The predicted octanol–water partition coefficient (Wildman–Crippen LogP) is 2.30. The Bertz CT molecular complexity index is 1210. The van der Waals surface area contributed by atoms with Gasteiger partial charge in [-0.3, -0.25) is 14.4 Å². The molecule has 0 radical (unpaired) electrons. The summed E-state index contributed by atoms with van der Waals surface area (Å²) in [4.78, 5) is 46.9. The smallest absolute Gasteiger partial charge is 0.341 e. The molecule has 0 spiro atoms. The molecule has 1 saturated heterocycles. The van der Waals surface area contributed by atoms with Crippen LogP contribution >= 0.6 is 0 Å². The fourth-order valence-electron chi connectivity index (χ4n) is 4.60. The van der Waals surface area contributed by atoms with Crippen LogP contribution in [-0.2, 0) is 20.7 Å². The number of carboxylic acids is 2. The summed E-state index contributed by atoms with van der Waals surface area (Å²) in [5, 5.41) is 16.9. The van der Waals surface area contributed by atoms with Gasteiger partial charge in [0, 0.05) is 56.0 Å². The van der Waals surface area contributed by atoms with E-state index in [0.29, 0.717) is 50.0 Å². The van der Waals surface area contributed by atoms with Gasteiger partial charge in [0.05, 0.1) is 11.2 Å². The summed E-state index contributed by atoms with van der Waals surface area (Å²) in [5.74, 6) is -3.13. The second kappa shape index (κ2) is 10.4. The van der Waals surface area contributed by atoms with Crippen LogP contribution in [-0.4, -0.2) is 57.9 Å². The molecule has 2 aliphatic heterocycles. The summed E-state index contributed by atoms with van der Waals surface area (Å²) in [6, 6.07) is 0.477. The number of nitrogens with two attached hydrogens (primary N) is 1. The minimum atomic E-state index is -1.32. The molecule has 10 nitrogen and oxygen atoms in total. The largest absolute Gasteiger partial charge is 0.481 e. The molecule has 190 valence electrons. The summed E-state index contributed by atoms with van der Waals surface area (Å²) in [6.07, 6.45) is 3.53. The van der Waals surface area contributed by atoms with Crippen molar-refractivity contribution in [1.29, 1.82) is 0 Å². The molecular weight excluding hydrogens is 461 g/mol. The predicted molar refractivity (Wildman–Crippen MR) is 126 cm³/mol. The first kappa shape index (κ1) is 26.1. The van der Waals surface area contributed by atoms with E-state index in [2.05, 4.69) is 0 Å². The van der Waals surface area contributed by atoms with Gasteiger partial charge >= 0.3 is 11.9 Å². The molecule has 1 aromatic carbocycles. The van der Waals surface area contributed by atoms with Gasteiger partial charge in [-0.15, -0.1) is 0 Å². The van der Waals surface area contributed by atoms with E-state index in [0.717, 1.165) is 12.5 Å². The maximum Gasteiger partial charge on any atom is 0.341 e. The fraction of sp³-hybridized carbons (Fsp3) is 0.500. The summed E-state index contributed by atoms with van der Waals surface area (Å²) in [5.41, 5.74) is 6.33. The number of carbonyl (C=O) groups excluding carboxylic acids is 1. The van der Waals surface area contributed by atoms with Crippen LogP contribution < -0.4 is 16.1 Å². The number of anilines is 1. The third-order valence-electron chi connectivity index (χ3n) is 6.27. The molecule has 0 unspecified atom stereocenters. The molecule has 2 atom stereocenters. The molecule has 2 aliphatic rings. The standard InChI is InChI=1S/C22H26FN3O5.C2H4O2/c1-11-3-4-14-18-15(20(27)16(21(28)29)10-26(11)18)9-17(23)19(14)25-7-5-13(6-8-25)31-22(30)12(2)24;1-2(3)4/h9-13H,3-8,24H2,1-2H3,(H,28,29);1H3,(H,3,4)/t11-,12+;/m0./s1. The Balaban J connectivity index is 0.000000795. The van der Waals surface area contributed by atoms with Crippen LogP contribution in [0.4, 0.5) is 10.1 Å². The SMILES string of the molecule is CC(=O)O.C[C@@H](N)C(=O)OC1CCN(c2c(F)cc3c(=O)c(C(=O)O)cn4c3c2CC[C@@H]4C)CC1. The van der Waals surface area contributed by atoms with E-state index < -0.39 is 35.2 Å². The lowest BCUT2D eigenvalue weighted by atomic mass is 9.93. The lowest BCUT2D eigenvalue weighted by molar-refractivity contribution is -0.151. The van der Waals surface area contributed by atoms with Gasteiger partial charge < -0.3 is 30.2 Å². The summed E-state index contributed by atoms with van der Waals surface area (Å²) in [7, 11) is 0. The van der Waals surface area contributed by atoms with Gasteiger partial charge in [-0.25, -0.2) is 9.18 Å². The van der Waals surface area contributed by atoms with Crippen LogP contribution in [0.15, 0.2) is 17.1 Å². The van der Waals surface area contributed by atoms with Crippen molar-refractivity contribution >= 4 is 34.5 Å². The summed E-state index contributed by atoms with van der Waals surface area (Å²) < 4.78 is 22.5. The zero-order valence-corrected chi connectivity index (χ0v) is 19.9. The number of carboxylic acid groups (broad SMARTS) is 2. The topological polar surface area (TPSA) is 152 Å². The Morgan fingerprint density at radius 1 is 1.20 bits per heavy atom. The lowest BCUT2D eigenvalue weighted by Gasteiger charge is -2.37. The van der Waals surface area contributed by atoms with E-state index in [4.69, 9.17) is 20.4 Å². The second-order valence-corrected chi connectivity index (χ2v) is 8.98. The number of piperidine rings is 1. The quantitative estimate of drug-likeness (QED) is 0.547. The Kier molecular flexibility index (Phi) is 7.79. The van der Waals surface area contributed by atoms with Crippen molar-refractivity contribution in [3.05, 3.63) is 39.4 Å². The van der Waals surface area contributed by atoms with E-state index in [1.54, 1.807) is 11.5 Å². The minimum Gasteiger partial charge on any atom is -0.481 e. The number of rotatable bonds is 4. The van der Waals surface area contributed by atoms with Gasteiger partial charge in [0.1, 0.15) is 23.5 Å². The van der Waals surface area contributed by atoms with Crippen LogP contribution in [0.2, 0.25) is 0 Å². The number of esters is 1. The van der Waals surface area contributed by atoms with Gasteiger partial charge in [0.2, 0.25) is 5.43 Å². The van der Waals surface area contributed by atoms with Gasteiger partial charge in [-0.05, 0) is 32.8 Å². The van der Waals surface area contributed by atoms with Crippen LogP contribution in [0.1, 0.15) is 62.0 Å². The first-order valence-corrected chi connectivity index (χ1v) is 11.5. The Morgan fingerprint density at radius 3 is 2.34 bits per heavy atom. The van der Waals surface area contributed by atoms with E-state index in [9.17, 15) is 19.5 Å². The second-order valence-electron chi connectivity index (χ2n) is 8.98. The molecule has 11 heteroatoms. The van der Waals surface area contributed by atoms with Gasteiger partial charge in [-0.2, -0.15) is 0 Å². The lowest BCUT2D eigenvalue weighted by Crippen LogP contribution is -2.41. The maximum absolute atomic E-state index is 15.3. The van der Waals surface area contributed by atoms with Crippen molar-refractivity contribution in [2.75, 3.05) is 18.0 Å². The molecule has 35 heavy (non-hydrogen) atoms. The van der Waals surface area contributed by atoms with Crippen LogP contribution in [0.25, 0.3) is 10.9 Å². The number of aromatic carboxylic acids is 1. The number of hydrogen-bond donors (Lipinski definition) is 3. The Morgan fingerprint density at radius 2 is 1.80 bits per heavy atom. The van der Waals surface area contributed by atoms with E-state index in [-0.39, 0.29) is 23.1 Å². The highest BCUT2D eigenvalue weighted by atomic mass is 19.1. The number of halogens is 1. The Labute approximate surface area is 201 Å². The third kappa shape index (κ3) is 5.45. The van der Waals surface area contributed by atoms with E-state index in [1.165, 1.54) is 12.3 Å². The molecule has 4 N–H and O–H groups in total. The monoisotopic (exact) mass is 491 g/mol. The van der Waals surface area contributed by atoms with Crippen molar-refractivity contribution < 1.29 is 33.7 Å². The number of pyridine rings is 1. The number of carbonyl (C=O) groups is 3. The molecule has 3 heterocycles. The number of hydrogen-bond acceptors (Lipinski definition) is 7. The van der Waals surface area contributed by atoms with Crippen molar-refractivity contribution in [3.8, 4) is 0 Å². The highest BCUT2D eigenvalue weighted by Crippen LogP contribution is 2.39. The third-order valence-corrected chi connectivity index (χ3v) is 6.27. The fourth-order valence-corrected chi connectivity index (χ4v) is 4.60. The van der Waals surface area contributed by atoms with Crippen molar-refractivity contribution in [1.82, 2.24) is 4.57 Å². The first-order valence-electron chi connectivity index (χ1n) is 11.5. The zero-order chi connectivity index (χ0) is 26.0. The van der Waals surface area contributed by atoms with Crippen LogP contribution in [0, 0.1) is 5.82 Å². The number of benzene rings is 1. The number of aliphatic carboxylic acids is 1. The number of aromatic nitrogens is 1. The molecule has 0 bridgehead atoms. The first-order chi connectivity index (χ1) is 16.4. The van der Waals surface area contributed by atoms with Gasteiger partial charge in [-0.1, -0.05) is 0 Å². The molecule has 0 amide bonds. The molecule has 4 rings (SSSR count). The molecular formula is C24H30FN3O7. The number of aryl methyl sites for hydroxylation is 1. The van der Waals surface area contributed by atoms with E-state index in [1.807, 2.05) is 11.8 Å². The highest BCUT2D eigenvalue weighted by Gasteiger charge is 2.31. The van der Waals surface area contributed by atoms with Gasteiger partial charge in [0.25, 0.3) is 5.97 Å². The summed E-state index contributed by atoms with van der Waals surface area (Å²) in [6.45, 7) is 5.61. The minimum absolute atomic E-state index is 0.00425. The van der Waals surface area contributed by atoms with Crippen molar-refractivity contribution in [2.45, 2.75) is 64.6 Å². The number of nitrogens with zero attached hydrogens (tertiary/aromatic N) is 2. The van der Waals surface area contributed by atoms with Gasteiger partial charge in [0.15, 0.2) is 0 Å². The molecule has 0 saturated carbocycles. The average molecular weight is 492 g/mol.